The number of hydrogen-bond donors (Lipinski definition) is 1. The summed E-state index contributed by atoms with van der Waals surface area (Å²) in [5.41, 5.74) is 3.95. The van der Waals surface area contributed by atoms with Crippen LogP contribution in [0.15, 0.2) is 30.5 Å². The lowest BCUT2D eigenvalue weighted by Crippen LogP contribution is -2.17. The van der Waals surface area contributed by atoms with Gasteiger partial charge >= 0.3 is 0 Å². The maximum Gasteiger partial charge on any atom is 0.152 e. The molecule has 4 heteroatoms. The molecule has 4 nitrogen and oxygen atoms in total. The first-order valence-electron chi connectivity index (χ1n) is 5.59. The Hall–Kier alpha value is -2.12. The molecule has 0 saturated carbocycles. The molecule has 0 radical (unpaired) electrons. The normalized spacial score (nSPS) is 16.3. The zero-order valence-corrected chi connectivity index (χ0v) is 10.2. The van der Waals surface area contributed by atoms with Gasteiger partial charge in [-0.05, 0) is 18.2 Å². The van der Waals surface area contributed by atoms with Crippen LogP contribution in [0.1, 0.15) is 18.0 Å². The largest absolute Gasteiger partial charge is 0.502 e. The van der Waals surface area contributed by atoms with E-state index < -0.39 is 0 Å². The van der Waals surface area contributed by atoms with Gasteiger partial charge in [0.05, 0.1) is 18.9 Å². The number of ether oxygens (including phenoxy) is 2. The Morgan fingerprint density at radius 1 is 1.61 bits per heavy atom. The molecular weight excluding hydrogens is 230 g/mol. The lowest BCUT2D eigenvalue weighted by molar-refractivity contribution is 0.178. The second-order valence-electron chi connectivity index (χ2n) is 3.91. The number of nitrogens with one attached hydrogen (secondary N) is 1. The minimum Gasteiger partial charge on any atom is -0.502 e. The van der Waals surface area contributed by atoms with E-state index in [4.69, 9.17) is 20.7 Å². The second-order valence-corrected chi connectivity index (χ2v) is 3.91. The smallest absolute Gasteiger partial charge is 0.152 e. The molecule has 0 aliphatic carbocycles. The maximum absolute atomic E-state index is 5.39. The lowest BCUT2D eigenvalue weighted by atomic mass is 10.0. The molecule has 94 valence electrons. The summed E-state index contributed by atoms with van der Waals surface area (Å²) in [6, 6.07) is 5.61. The van der Waals surface area contributed by atoms with E-state index in [-0.39, 0.29) is 12.6 Å². The van der Waals surface area contributed by atoms with Gasteiger partial charge < -0.3 is 14.3 Å². The van der Waals surface area contributed by atoms with Gasteiger partial charge in [0.15, 0.2) is 5.75 Å². The van der Waals surface area contributed by atoms with Crippen molar-refractivity contribution >= 4 is 0 Å². The topological polar surface area (TPSA) is 39.7 Å². The number of rotatable bonds is 5. The third kappa shape index (κ3) is 2.58. The summed E-state index contributed by atoms with van der Waals surface area (Å²) in [7, 11) is 1.60. The van der Waals surface area contributed by atoms with Gasteiger partial charge in [-0.2, -0.15) is 0 Å². The molecule has 1 aliphatic heterocycles. The number of hydrogen-bond acceptors (Lipinski definition) is 4. The first-order valence-corrected chi connectivity index (χ1v) is 5.59. The zero-order chi connectivity index (χ0) is 13.0. The predicted octanol–water partition coefficient (Wildman–Crippen LogP) is 2.19. The van der Waals surface area contributed by atoms with Gasteiger partial charge in [0.25, 0.3) is 0 Å². The number of terminal acetylenes is 1. The quantitative estimate of drug-likeness (QED) is 0.637. The molecule has 1 aromatic rings. The Morgan fingerprint density at radius 2 is 2.44 bits per heavy atom. The molecule has 1 aromatic carbocycles. The highest BCUT2D eigenvalue weighted by molar-refractivity contribution is 5.44. The van der Waals surface area contributed by atoms with E-state index >= 15 is 0 Å². The summed E-state index contributed by atoms with van der Waals surface area (Å²) in [5.74, 6) is 4.64. The van der Waals surface area contributed by atoms with Crippen molar-refractivity contribution in [2.24, 2.45) is 0 Å². The SMILES string of the molecule is C#CCOc1ccc2c(c1)C(CC(=C)OC)NO2. The van der Waals surface area contributed by atoms with Crippen LogP contribution < -0.4 is 15.1 Å². The summed E-state index contributed by atoms with van der Waals surface area (Å²) >= 11 is 0. The molecule has 0 fully saturated rings. The lowest BCUT2D eigenvalue weighted by Gasteiger charge is -2.11. The number of hydroxylamine groups is 1. The van der Waals surface area contributed by atoms with Crippen molar-refractivity contribution in [2.75, 3.05) is 13.7 Å². The Labute approximate surface area is 106 Å². The molecule has 0 saturated heterocycles. The number of benzene rings is 1. The molecule has 18 heavy (non-hydrogen) atoms. The van der Waals surface area contributed by atoms with E-state index in [1.54, 1.807) is 7.11 Å². The Bertz CT molecular complexity index is 490. The summed E-state index contributed by atoms with van der Waals surface area (Å²) in [6.07, 6.45) is 5.80. The summed E-state index contributed by atoms with van der Waals surface area (Å²) in [6.45, 7) is 4.06. The molecule has 0 amide bonds. The van der Waals surface area contributed by atoms with E-state index in [0.717, 1.165) is 17.1 Å². The first-order chi connectivity index (χ1) is 8.74. The number of methoxy groups -OCH3 is 1. The van der Waals surface area contributed by atoms with Crippen LogP contribution in [0.4, 0.5) is 0 Å². The summed E-state index contributed by atoms with van der Waals surface area (Å²) < 4.78 is 10.5. The van der Waals surface area contributed by atoms with E-state index in [1.165, 1.54) is 0 Å². The van der Waals surface area contributed by atoms with Crippen LogP contribution in [0.5, 0.6) is 11.5 Å². The summed E-state index contributed by atoms with van der Waals surface area (Å²) in [5, 5.41) is 0. The molecule has 1 atom stereocenters. The first kappa shape index (κ1) is 12.3. The van der Waals surface area contributed by atoms with Gasteiger partial charge in [-0.25, -0.2) is 0 Å². The van der Waals surface area contributed by atoms with Gasteiger partial charge in [0.1, 0.15) is 12.4 Å². The number of fused-ring (bicyclic) bond motifs is 1. The van der Waals surface area contributed by atoms with Crippen LogP contribution in [-0.4, -0.2) is 13.7 Å². The van der Waals surface area contributed by atoms with Crippen LogP contribution in [-0.2, 0) is 4.74 Å². The molecule has 0 bridgehead atoms. The predicted molar refractivity (Wildman–Crippen MR) is 68.0 cm³/mol. The van der Waals surface area contributed by atoms with Crippen LogP contribution in [0.2, 0.25) is 0 Å². The van der Waals surface area contributed by atoms with Gasteiger partial charge in [-0.3, -0.25) is 0 Å². The van der Waals surface area contributed by atoms with Crippen molar-refractivity contribution in [1.82, 2.24) is 5.48 Å². The van der Waals surface area contributed by atoms with Crippen molar-refractivity contribution in [3.8, 4) is 23.8 Å². The highest BCUT2D eigenvalue weighted by Crippen LogP contribution is 2.36. The minimum absolute atomic E-state index is 0.0156. The second kappa shape index (κ2) is 5.48. The van der Waals surface area contributed by atoms with E-state index in [2.05, 4.69) is 18.0 Å². The average molecular weight is 245 g/mol. The van der Waals surface area contributed by atoms with Gasteiger partial charge in [0.2, 0.25) is 0 Å². The standard InChI is InChI=1S/C14H15NO3/c1-4-7-17-11-5-6-14-12(9-11)13(15-18-14)8-10(2)16-3/h1,5-6,9,13,15H,2,7-8H2,3H3. The Morgan fingerprint density at radius 3 is 3.17 bits per heavy atom. The highest BCUT2D eigenvalue weighted by atomic mass is 16.7. The molecule has 1 heterocycles. The minimum atomic E-state index is 0.0156. The van der Waals surface area contributed by atoms with Crippen LogP contribution in [0.3, 0.4) is 0 Å². The Kier molecular flexibility index (Phi) is 3.75. The monoisotopic (exact) mass is 245 g/mol. The van der Waals surface area contributed by atoms with Gasteiger partial charge in [-0.1, -0.05) is 12.5 Å². The van der Waals surface area contributed by atoms with Crippen LogP contribution in [0, 0.1) is 12.3 Å². The van der Waals surface area contributed by atoms with E-state index in [9.17, 15) is 0 Å². The van der Waals surface area contributed by atoms with Crippen molar-refractivity contribution in [3.05, 3.63) is 36.1 Å². The average Bonchev–Trinajstić information content (AvgIpc) is 2.79. The maximum atomic E-state index is 5.39. The Balaban J connectivity index is 2.14. The van der Waals surface area contributed by atoms with E-state index in [0.29, 0.717) is 12.2 Å². The third-order valence-corrected chi connectivity index (χ3v) is 2.71. The molecule has 1 unspecified atom stereocenters. The molecule has 1 aliphatic rings. The molecular formula is C14H15NO3. The van der Waals surface area contributed by atoms with Crippen LogP contribution >= 0.6 is 0 Å². The third-order valence-electron chi connectivity index (χ3n) is 2.71. The van der Waals surface area contributed by atoms with Crippen LogP contribution in [0.25, 0.3) is 0 Å². The van der Waals surface area contributed by atoms with Crippen molar-refractivity contribution in [1.29, 1.82) is 0 Å². The van der Waals surface area contributed by atoms with E-state index in [1.807, 2.05) is 18.2 Å². The molecule has 2 rings (SSSR count). The van der Waals surface area contributed by atoms with Gasteiger partial charge in [-0.15, -0.1) is 11.9 Å². The molecule has 0 aromatic heterocycles. The fraction of sp³-hybridized carbons (Fsp3) is 0.286. The van der Waals surface area contributed by atoms with Crippen molar-refractivity contribution < 1.29 is 14.3 Å². The van der Waals surface area contributed by atoms with Crippen molar-refractivity contribution in [3.63, 3.8) is 0 Å². The summed E-state index contributed by atoms with van der Waals surface area (Å²) in [4.78, 5) is 5.37. The van der Waals surface area contributed by atoms with Gasteiger partial charge in [0, 0.05) is 12.0 Å². The fourth-order valence-electron chi connectivity index (χ4n) is 1.77. The fourth-order valence-corrected chi connectivity index (χ4v) is 1.77. The highest BCUT2D eigenvalue weighted by Gasteiger charge is 2.25. The zero-order valence-electron chi connectivity index (χ0n) is 10.2. The molecule has 1 N–H and O–H groups in total. The van der Waals surface area contributed by atoms with Crippen molar-refractivity contribution in [2.45, 2.75) is 12.5 Å². The molecule has 0 spiro atoms.